The highest BCUT2D eigenvalue weighted by Gasteiger charge is 1.97. The molecule has 0 aromatic heterocycles. The quantitative estimate of drug-likeness (QED) is 0.597. The molecule has 0 fully saturated rings. The van der Waals surface area contributed by atoms with Gasteiger partial charge in [-0.2, -0.15) is 0 Å². The van der Waals surface area contributed by atoms with E-state index in [-0.39, 0.29) is 0 Å². The Kier molecular flexibility index (Phi) is 5.28. The van der Waals surface area contributed by atoms with Gasteiger partial charge in [0.25, 0.3) is 0 Å². The molecule has 1 aromatic rings. The average Bonchev–Trinajstić information content (AvgIpc) is 2.18. The van der Waals surface area contributed by atoms with Gasteiger partial charge in [0, 0.05) is 0 Å². The largest absolute Gasteiger partial charge is 0.248 e. The molecule has 1 heteroatoms. The molecule has 1 aromatic carbocycles. The lowest BCUT2D eigenvalue weighted by Crippen LogP contribution is -1.92. The van der Waals surface area contributed by atoms with Crippen LogP contribution in [0.5, 0.6) is 0 Å². The van der Waals surface area contributed by atoms with Gasteiger partial charge < -0.3 is 0 Å². The van der Waals surface area contributed by atoms with Crippen molar-refractivity contribution in [2.24, 2.45) is 0 Å². The van der Waals surface area contributed by atoms with Crippen LogP contribution in [0.25, 0.3) is 0 Å². The van der Waals surface area contributed by atoms with Gasteiger partial charge in [0.1, 0.15) is 0 Å². The van der Waals surface area contributed by atoms with E-state index in [1.165, 1.54) is 12.0 Å². The van der Waals surface area contributed by atoms with Crippen molar-refractivity contribution in [2.75, 3.05) is 0 Å². The van der Waals surface area contributed by atoms with Gasteiger partial charge in [0.2, 0.25) is 0 Å². The van der Waals surface area contributed by atoms with E-state index in [0.717, 1.165) is 25.7 Å². The van der Waals surface area contributed by atoms with Gasteiger partial charge in [-0.15, -0.1) is 0 Å². The van der Waals surface area contributed by atoms with Crippen LogP contribution in [0.15, 0.2) is 30.3 Å². The zero-order valence-electron chi connectivity index (χ0n) is 8.88. The normalized spacial score (nSPS) is 12.7. The fourth-order valence-corrected chi connectivity index (χ4v) is 1.58. The Bertz CT molecular complexity index is 228. The van der Waals surface area contributed by atoms with Crippen LogP contribution in [0.3, 0.4) is 0 Å². The molecule has 1 atom stereocenters. The minimum Gasteiger partial charge on any atom is -0.248 e. The Labute approximate surface area is 86.2 Å². The SMILES string of the molecule is CC(F)CCCCCc1ccccc1. The number of rotatable bonds is 6. The summed E-state index contributed by atoms with van der Waals surface area (Å²) in [5.74, 6) is 0. The summed E-state index contributed by atoms with van der Waals surface area (Å²) in [4.78, 5) is 0. The topological polar surface area (TPSA) is 0 Å². The maximum atomic E-state index is 12.5. The summed E-state index contributed by atoms with van der Waals surface area (Å²) in [6.07, 6.45) is 4.55. The minimum atomic E-state index is -0.633. The molecule has 0 amide bonds. The number of aryl methyl sites for hydroxylation is 1. The molecule has 0 spiro atoms. The van der Waals surface area contributed by atoms with Gasteiger partial charge in [0.15, 0.2) is 0 Å². The van der Waals surface area contributed by atoms with Crippen molar-refractivity contribution in [1.82, 2.24) is 0 Å². The first kappa shape index (κ1) is 11.2. The van der Waals surface area contributed by atoms with E-state index < -0.39 is 6.17 Å². The maximum Gasteiger partial charge on any atom is 0.0973 e. The lowest BCUT2D eigenvalue weighted by atomic mass is 10.1. The first-order chi connectivity index (χ1) is 6.79. The Morgan fingerprint density at radius 3 is 2.43 bits per heavy atom. The first-order valence-corrected chi connectivity index (χ1v) is 5.47. The van der Waals surface area contributed by atoms with Crippen LogP contribution >= 0.6 is 0 Å². The van der Waals surface area contributed by atoms with Crippen molar-refractivity contribution in [3.63, 3.8) is 0 Å². The Hall–Kier alpha value is -0.850. The summed E-state index contributed by atoms with van der Waals surface area (Å²) in [5, 5.41) is 0. The smallest absolute Gasteiger partial charge is 0.0973 e. The molecular formula is C13H19F. The van der Waals surface area contributed by atoms with Crippen molar-refractivity contribution >= 4 is 0 Å². The molecule has 78 valence electrons. The average molecular weight is 194 g/mol. The monoisotopic (exact) mass is 194 g/mol. The lowest BCUT2D eigenvalue weighted by Gasteiger charge is -2.02. The van der Waals surface area contributed by atoms with E-state index >= 15 is 0 Å². The second kappa shape index (κ2) is 6.58. The van der Waals surface area contributed by atoms with Crippen LogP contribution < -0.4 is 0 Å². The fraction of sp³-hybridized carbons (Fsp3) is 0.538. The van der Waals surface area contributed by atoms with Crippen LogP contribution in [0.4, 0.5) is 4.39 Å². The van der Waals surface area contributed by atoms with E-state index in [1.807, 2.05) is 6.07 Å². The first-order valence-electron chi connectivity index (χ1n) is 5.47. The van der Waals surface area contributed by atoms with Crippen molar-refractivity contribution in [3.05, 3.63) is 35.9 Å². The molecule has 1 unspecified atom stereocenters. The Morgan fingerprint density at radius 2 is 1.79 bits per heavy atom. The highest BCUT2D eigenvalue weighted by Crippen LogP contribution is 2.09. The van der Waals surface area contributed by atoms with Gasteiger partial charge in [-0.25, -0.2) is 4.39 Å². The van der Waals surface area contributed by atoms with E-state index in [9.17, 15) is 4.39 Å². The molecule has 0 radical (unpaired) electrons. The molecule has 0 bridgehead atoms. The molecule has 0 nitrogen and oxygen atoms in total. The summed E-state index contributed by atoms with van der Waals surface area (Å²) < 4.78 is 12.5. The summed E-state index contributed by atoms with van der Waals surface area (Å²) in [6.45, 7) is 1.64. The third-order valence-corrected chi connectivity index (χ3v) is 2.41. The third-order valence-electron chi connectivity index (χ3n) is 2.41. The fourth-order valence-electron chi connectivity index (χ4n) is 1.58. The second-order valence-electron chi connectivity index (χ2n) is 3.87. The summed E-state index contributed by atoms with van der Waals surface area (Å²) in [6, 6.07) is 10.5. The lowest BCUT2D eigenvalue weighted by molar-refractivity contribution is 0.330. The van der Waals surface area contributed by atoms with Crippen LogP contribution in [0.2, 0.25) is 0 Å². The molecule has 14 heavy (non-hydrogen) atoms. The number of alkyl halides is 1. The third kappa shape index (κ3) is 5.00. The van der Waals surface area contributed by atoms with E-state index in [2.05, 4.69) is 24.3 Å². The van der Waals surface area contributed by atoms with Crippen LogP contribution in [0, 0.1) is 0 Å². The number of hydrogen-bond acceptors (Lipinski definition) is 0. The number of hydrogen-bond donors (Lipinski definition) is 0. The molecular weight excluding hydrogens is 175 g/mol. The summed E-state index contributed by atoms with van der Waals surface area (Å²) >= 11 is 0. The standard InChI is InChI=1S/C13H19F/c1-12(14)8-4-2-5-9-13-10-6-3-7-11-13/h3,6-7,10-12H,2,4-5,8-9H2,1H3. The molecule has 0 N–H and O–H groups in total. The zero-order chi connectivity index (χ0) is 10.2. The van der Waals surface area contributed by atoms with Crippen molar-refractivity contribution in [2.45, 2.75) is 45.2 Å². The molecule has 0 heterocycles. The minimum absolute atomic E-state index is 0.633. The number of unbranched alkanes of at least 4 members (excludes halogenated alkanes) is 2. The molecule has 0 saturated carbocycles. The Morgan fingerprint density at radius 1 is 1.07 bits per heavy atom. The summed E-state index contributed by atoms with van der Waals surface area (Å²) in [5.41, 5.74) is 1.39. The second-order valence-corrected chi connectivity index (χ2v) is 3.87. The molecule has 0 aliphatic rings. The summed E-state index contributed by atoms with van der Waals surface area (Å²) in [7, 11) is 0. The molecule has 0 saturated heterocycles. The highest BCUT2D eigenvalue weighted by atomic mass is 19.1. The van der Waals surface area contributed by atoms with Crippen LogP contribution in [-0.4, -0.2) is 6.17 Å². The van der Waals surface area contributed by atoms with Gasteiger partial charge in [-0.3, -0.25) is 0 Å². The van der Waals surface area contributed by atoms with E-state index in [0.29, 0.717) is 0 Å². The van der Waals surface area contributed by atoms with Gasteiger partial charge >= 0.3 is 0 Å². The number of benzene rings is 1. The van der Waals surface area contributed by atoms with Crippen LogP contribution in [0.1, 0.15) is 38.2 Å². The predicted octanol–water partition coefficient (Wildman–Crippen LogP) is 4.15. The maximum absolute atomic E-state index is 12.5. The number of halogens is 1. The van der Waals surface area contributed by atoms with Crippen molar-refractivity contribution < 1.29 is 4.39 Å². The van der Waals surface area contributed by atoms with Crippen LogP contribution in [-0.2, 0) is 6.42 Å². The zero-order valence-corrected chi connectivity index (χ0v) is 8.88. The highest BCUT2D eigenvalue weighted by molar-refractivity contribution is 5.14. The van der Waals surface area contributed by atoms with Gasteiger partial charge in [-0.05, 0) is 31.7 Å². The van der Waals surface area contributed by atoms with Gasteiger partial charge in [0.05, 0.1) is 6.17 Å². The van der Waals surface area contributed by atoms with E-state index in [1.54, 1.807) is 6.92 Å². The molecule has 1 rings (SSSR count). The van der Waals surface area contributed by atoms with Crippen molar-refractivity contribution in [3.8, 4) is 0 Å². The van der Waals surface area contributed by atoms with Crippen molar-refractivity contribution in [1.29, 1.82) is 0 Å². The molecule has 0 aliphatic carbocycles. The van der Waals surface area contributed by atoms with E-state index in [4.69, 9.17) is 0 Å². The Balaban J connectivity index is 2.05. The predicted molar refractivity (Wildman–Crippen MR) is 59.2 cm³/mol. The molecule has 0 aliphatic heterocycles. The van der Waals surface area contributed by atoms with Gasteiger partial charge in [-0.1, -0.05) is 43.2 Å².